The summed E-state index contributed by atoms with van der Waals surface area (Å²) in [5.41, 5.74) is -0.791. The third-order valence-electron chi connectivity index (χ3n) is 2.44. The Balaban J connectivity index is 2.30. The van der Waals surface area contributed by atoms with Crippen LogP contribution >= 0.6 is 0 Å². The SMILES string of the molecule is N#CC1CN(c2cccc(C(F)(F)F)c2)C(=O)O1. The van der Waals surface area contributed by atoms with Crippen LogP contribution in [-0.2, 0) is 10.9 Å². The maximum Gasteiger partial charge on any atom is 0.416 e. The zero-order valence-corrected chi connectivity index (χ0v) is 8.94. The van der Waals surface area contributed by atoms with Crippen molar-refractivity contribution >= 4 is 11.8 Å². The topological polar surface area (TPSA) is 53.3 Å². The molecule has 0 spiro atoms. The minimum Gasteiger partial charge on any atom is -0.428 e. The Hall–Kier alpha value is -2.23. The number of carbonyl (C=O) groups excluding carboxylic acids is 1. The molecular weight excluding hydrogens is 249 g/mol. The number of ether oxygens (including phenoxy) is 1. The molecule has 0 saturated carbocycles. The lowest BCUT2D eigenvalue weighted by molar-refractivity contribution is -0.137. The number of hydrogen-bond donors (Lipinski definition) is 0. The van der Waals surface area contributed by atoms with E-state index in [1.165, 1.54) is 12.1 Å². The predicted molar refractivity (Wildman–Crippen MR) is 54.7 cm³/mol. The lowest BCUT2D eigenvalue weighted by Crippen LogP contribution is -2.24. The second-order valence-corrected chi connectivity index (χ2v) is 3.66. The monoisotopic (exact) mass is 256 g/mol. The summed E-state index contributed by atoms with van der Waals surface area (Å²) in [6.45, 7) is -0.0728. The number of carbonyl (C=O) groups is 1. The van der Waals surface area contributed by atoms with Gasteiger partial charge in [-0.15, -0.1) is 0 Å². The molecule has 1 atom stereocenters. The Kier molecular flexibility index (Phi) is 2.87. The number of hydrogen-bond acceptors (Lipinski definition) is 3. The zero-order chi connectivity index (χ0) is 13.3. The van der Waals surface area contributed by atoms with Gasteiger partial charge in [0.2, 0.25) is 6.10 Å². The number of rotatable bonds is 1. The van der Waals surface area contributed by atoms with Crippen LogP contribution in [0, 0.1) is 11.3 Å². The smallest absolute Gasteiger partial charge is 0.416 e. The normalized spacial score (nSPS) is 19.6. The van der Waals surface area contributed by atoms with Crippen molar-refractivity contribution in [3.63, 3.8) is 0 Å². The van der Waals surface area contributed by atoms with Crippen molar-refractivity contribution in [1.82, 2.24) is 0 Å². The Labute approximate surface area is 100 Å². The lowest BCUT2D eigenvalue weighted by Gasteiger charge is -2.14. The van der Waals surface area contributed by atoms with E-state index in [4.69, 9.17) is 5.26 Å². The minimum absolute atomic E-state index is 0.0626. The fraction of sp³-hybridized carbons (Fsp3) is 0.273. The van der Waals surface area contributed by atoms with Crippen LogP contribution in [0.25, 0.3) is 0 Å². The van der Waals surface area contributed by atoms with Gasteiger partial charge in [-0.05, 0) is 18.2 Å². The summed E-state index contributed by atoms with van der Waals surface area (Å²) in [7, 11) is 0. The summed E-state index contributed by atoms with van der Waals surface area (Å²) in [4.78, 5) is 12.4. The van der Waals surface area contributed by atoms with Crippen molar-refractivity contribution in [1.29, 1.82) is 5.26 Å². The number of amides is 1. The molecule has 1 aliphatic heterocycles. The van der Waals surface area contributed by atoms with E-state index in [0.717, 1.165) is 17.0 Å². The van der Waals surface area contributed by atoms with Gasteiger partial charge in [0.15, 0.2) is 0 Å². The molecule has 2 rings (SSSR count). The number of anilines is 1. The predicted octanol–water partition coefficient (Wildman–Crippen LogP) is 2.55. The number of nitriles is 1. The van der Waals surface area contributed by atoms with Gasteiger partial charge in [0.05, 0.1) is 12.1 Å². The average molecular weight is 256 g/mol. The fourth-order valence-electron chi connectivity index (χ4n) is 1.59. The Bertz CT molecular complexity index is 522. The first-order chi connectivity index (χ1) is 8.41. The highest BCUT2D eigenvalue weighted by atomic mass is 19.4. The summed E-state index contributed by atoms with van der Waals surface area (Å²) >= 11 is 0. The van der Waals surface area contributed by atoms with Gasteiger partial charge < -0.3 is 4.74 Å². The van der Waals surface area contributed by atoms with Crippen LogP contribution in [-0.4, -0.2) is 18.7 Å². The second kappa shape index (κ2) is 4.22. The van der Waals surface area contributed by atoms with Gasteiger partial charge in [-0.3, -0.25) is 4.90 Å². The highest BCUT2D eigenvalue weighted by Crippen LogP contribution is 2.32. The third kappa shape index (κ3) is 2.22. The molecule has 0 radical (unpaired) electrons. The van der Waals surface area contributed by atoms with Crippen LogP contribution in [0.2, 0.25) is 0 Å². The molecule has 4 nitrogen and oxygen atoms in total. The summed E-state index contributed by atoms with van der Waals surface area (Å²) < 4.78 is 42.2. The second-order valence-electron chi connectivity index (χ2n) is 3.66. The molecule has 1 saturated heterocycles. The molecule has 1 aromatic carbocycles. The first-order valence-corrected chi connectivity index (χ1v) is 4.97. The number of nitrogens with zero attached hydrogens (tertiary/aromatic N) is 2. The molecule has 1 fully saturated rings. The maximum absolute atomic E-state index is 12.5. The Morgan fingerprint density at radius 1 is 1.44 bits per heavy atom. The standard InChI is InChI=1S/C11H7F3N2O2/c12-11(13,14)7-2-1-3-8(4-7)16-6-9(5-15)18-10(16)17/h1-4,9H,6H2. The molecule has 1 unspecified atom stereocenters. The van der Waals surface area contributed by atoms with Crippen molar-refractivity contribution in [2.75, 3.05) is 11.4 Å². The summed E-state index contributed by atoms with van der Waals surface area (Å²) in [6.07, 6.45) is -6.25. The van der Waals surface area contributed by atoms with E-state index in [0.29, 0.717) is 0 Å². The van der Waals surface area contributed by atoms with Crippen LogP contribution in [0.1, 0.15) is 5.56 Å². The molecule has 1 aromatic rings. The Morgan fingerprint density at radius 2 is 2.17 bits per heavy atom. The highest BCUT2D eigenvalue weighted by molar-refractivity contribution is 5.90. The van der Waals surface area contributed by atoms with Crippen LogP contribution < -0.4 is 4.90 Å². The van der Waals surface area contributed by atoms with Crippen LogP contribution in [0.5, 0.6) is 0 Å². The molecule has 1 amide bonds. The average Bonchev–Trinajstić information content (AvgIpc) is 2.70. The lowest BCUT2D eigenvalue weighted by atomic mass is 10.2. The van der Waals surface area contributed by atoms with Crippen molar-refractivity contribution in [2.45, 2.75) is 12.3 Å². The molecular formula is C11H7F3N2O2. The first kappa shape index (κ1) is 12.2. The molecule has 7 heteroatoms. The van der Waals surface area contributed by atoms with E-state index in [1.54, 1.807) is 6.07 Å². The summed E-state index contributed by atoms with van der Waals surface area (Å²) in [5, 5.41) is 8.60. The van der Waals surface area contributed by atoms with Gasteiger partial charge in [0, 0.05) is 5.69 Å². The first-order valence-electron chi connectivity index (χ1n) is 4.97. The van der Waals surface area contributed by atoms with E-state index in [9.17, 15) is 18.0 Å². The van der Waals surface area contributed by atoms with Crippen molar-refractivity contribution < 1.29 is 22.7 Å². The van der Waals surface area contributed by atoms with Gasteiger partial charge in [-0.2, -0.15) is 18.4 Å². The molecule has 0 N–H and O–H groups in total. The molecule has 0 aliphatic carbocycles. The van der Waals surface area contributed by atoms with E-state index in [2.05, 4.69) is 4.74 Å². The summed E-state index contributed by atoms with van der Waals surface area (Å²) in [6, 6.07) is 6.05. The van der Waals surface area contributed by atoms with Crippen LogP contribution in [0.3, 0.4) is 0 Å². The molecule has 94 valence electrons. The van der Waals surface area contributed by atoms with E-state index in [1.807, 2.05) is 0 Å². The van der Waals surface area contributed by atoms with E-state index < -0.39 is 23.9 Å². The van der Waals surface area contributed by atoms with Crippen molar-refractivity contribution in [2.24, 2.45) is 0 Å². The molecule has 1 heterocycles. The van der Waals surface area contributed by atoms with E-state index >= 15 is 0 Å². The number of halogens is 3. The van der Waals surface area contributed by atoms with Crippen molar-refractivity contribution in [3.8, 4) is 6.07 Å². The molecule has 1 aliphatic rings. The minimum atomic E-state index is -4.48. The van der Waals surface area contributed by atoms with Gasteiger partial charge >= 0.3 is 12.3 Å². The summed E-state index contributed by atoms with van der Waals surface area (Å²) in [5.74, 6) is 0. The number of cyclic esters (lactones) is 1. The maximum atomic E-state index is 12.5. The van der Waals surface area contributed by atoms with Crippen LogP contribution in [0.4, 0.5) is 23.7 Å². The number of alkyl halides is 3. The molecule has 0 aromatic heterocycles. The fourth-order valence-corrected chi connectivity index (χ4v) is 1.59. The van der Waals surface area contributed by atoms with Gasteiger partial charge in [0.25, 0.3) is 0 Å². The molecule has 0 bridgehead atoms. The Morgan fingerprint density at radius 3 is 2.72 bits per heavy atom. The van der Waals surface area contributed by atoms with E-state index in [-0.39, 0.29) is 12.2 Å². The third-order valence-corrected chi connectivity index (χ3v) is 2.44. The van der Waals surface area contributed by atoms with Crippen LogP contribution in [0.15, 0.2) is 24.3 Å². The molecule has 18 heavy (non-hydrogen) atoms. The van der Waals surface area contributed by atoms with Gasteiger partial charge in [-0.1, -0.05) is 6.07 Å². The van der Waals surface area contributed by atoms with Crippen molar-refractivity contribution in [3.05, 3.63) is 29.8 Å². The zero-order valence-electron chi connectivity index (χ0n) is 8.94. The largest absolute Gasteiger partial charge is 0.428 e. The van der Waals surface area contributed by atoms with Gasteiger partial charge in [-0.25, -0.2) is 4.79 Å². The quantitative estimate of drug-likeness (QED) is 0.775. The van der Waals surface area contributed by atoms with Gasteiger partial charge in [0.1, 0.15) is 6.07 Å². The number of benzene rings is 1. The highest BCUT2D eigenvalue weighted by Gasteiger charge is 2.35.